The molecule has 1 rings (SSSR count). The van der Waals surface area contributed by atoms with Crippen molar-refractivity contribution < 1.29 is 13.6 Å². The number of halogens is 1. The monoisotopic (exact) mass is 349 g/mol. The summed E-state index contributed by atoms with van der Waals surface area (Å²) in [7, 11) is -3.50. The molecule has 6 nitrogen and oxygen atoms in total. The zero-order valence-electron chi connectivity index (χ0n) is 10.8. The second kappa shape index (κ2) is 5.38. The summed E-state index contributed by atoms with van der Waals surface area (Å²) in [6.45, 7) is 4.82. The van der Waals surface area contributed by atoms with E-state index in [2.05, 4.69) is 25.8 Å². The summed E-state index contributed by atoms with van der Waals surface area (Å²) in [6.07, 6.45) is 0. The fourth-order valence-corrected chi connectivity index (χ4v) is 2.50. The first-order valence-corrected chi connectivity index (χ1v) is 7.66. The van der Waals surface area contributed by atoms with Crippen LogP contribution in [0.2, 0.25) is 0 Å². The van der Waals surface area contributed by atoms with Gasteiger partial charge >= 0.3 is 0 Å². The number of amidine groups is 1. The molecule has 0 atom stereocenters. The highest BCUT2D eigenvalue weighted by molar-refractivity contribution is 9.10. The van der Waals surface area contributed by atoms with E-state index in [0.29, 0.717) is 15.7 Å². The minimum atomic E-state index is -3.50. The van der Waals surface area contributed by atoms with Crippen molar-refractivity contribution in [1.29, 1.82) is 0 Å². The number of oxime groups is 1. The van der Waals surface area contributed by atoms with E-state index in [4.69, 9.17) is 10.9 Å². The van der Waals surface area contributed by atoms with Gasteiger partial charge in [0.15, 0.2) is 5.84 Å². The van der Waals surface area contributed by atoms with Crippen molar-refractivity contribution in [2.45, 2.75) is 25.5 Å². The zero-order chi connectivity index (χ0) is 14.8. The molecule has 0 saturated heterocycles. The third-order valence-electron chi connectivity index (χ3n) is 2.42. The number of nitrogens with one attached hydrogen (secondary N) is 1. The van der Waals surface area contributed by atoms with Crippen LogP contribution in [0, 0.1) is 0 Å². The molecule has 0 aliphatic carbocycles. The van der Waals surface area contributed by atoms with Crippen LogP contribution >= 0.6 is 15.9 Å². The fourth-order valence-electron chi connectivity index (χ4n) is 1.11. The molecule has 4 N–H and O–H groups in total. The number of anilines is 1. The lowest BCUT2D eigenvalue weighted by Crippen LogP contribution is -2.33. The lowest BCUT2D eigenvalue weighted by molar-refractivity contribution is 0.318. The van der Waals surface area contributed by atoms with Gasteiger partial charge in [0.05, 0.1) is 10.4 Å². The van der Waals surface area contributed by atoms with Gasteiger partial charge in [-0.05, 0) is 54.9 Å². The molecule has 0 unspecified atom stereocenters. The Balaban J connectivity index is 3.13. The number of benzene rings is 1. The molecule has 0 saturated carbocycles. The molecule has 0 aliphatic rings. The third-order valence-corrected chi connectivity index (χ3v) is 5.18. The first-order valence-electron chi connectivity index (χ1n) is 5.38. The summed E-state index contributed by atoms with van der Waals surface area (Å²) in [6, 6.07) is 4.66. The maximum absolute atomic E-state index is 12.0. The number of sulfonamides is 1. The van der Waals surface area contributed by atoms with Gasteiger partial charge < -0.3 is 10.9 Å². The van der Waals surface area contributed by atoms with Crippen LogP contribution in [-0.2, 0) is 10.0 Å². The summed E-state index contributed by atoms with van der Waals surface area (Å²) >= 11 is 3.24. The van der Waals surface area contributed by atoms with Crippen molar-refractivity contribution in [2.24, 2.45) is 10.9 Å². The molecule has 0 bridgehead atoms. The minimum absolute atomic E-state index is 0.0501. The predicted molar refractivity (Wildman–Crippen MR) is 78.9 cm³/mol. The van der Waals surface area contributed by atoms with Gasteiger partial charge in [-0.1, -0.05) is 5.16 Å². The molecule has 0 radical (unpaired) electrons. The molecule has 0 aliphatic heterocycles. The van der Waals surface area contributed by atoms with Gasteiger partial charge in [-0.2, -0.15) is 0 Å². The maximum Gasteiger partial charge on any atom is 0.237 e. The zero-order valence-corrected chi connectivity index (χ0v) is 13.2. The Morgan fingerprint density at radius 3 is 2.42 bits per heavy atom. The lowest BCUT2D eigenvalue weighted by atomic mass is 10.2. The van der Waals surface area contributed by atoms with Crippen molar-refractivity contribution >= 4 is 37.5 Å². The number of nitrogens with zero attached hydrogens (tertiary/aromatic N) is 1. The highest BCUT2D eigenvalue weighted by Gasteiger charge is 2.29. The molecule has 0 heterocycles. The van der Waals surface area contributed by atoms with Gasteiger partial charge in [0.1, 0.15) is 0 Å². The van der Waals surface area contributed by atoms with E-state index in [-0.39, 0.29) is 5.84 Å². The van der Waals surface area contributed by atoms with E-state index < -0.39 is 14.8 Å². The van der Waals surface area contributed by atoms with Crippen LogP contribution < -0.4 is 10.5 Å². The standard InChI is InChI=1S/C11H16BrN3O3S/c1-11(2,3)19(17,18)15-9-5-4-7(6-8(9)12)10(13)14-16/h4-6,15-16H,1-3H3,(H2,13,14). The number of hydrogen-bond acceptors (Lipinski definition) is 4. The molecule has 0 fully saturated rings. The molecule has 0 spiro atoms. The quantitative estimate of drug-likeness (QED) is 0.336. The second-order valence-corrected chi connectivity index (χ2v) is 8.19. The number of nitrogens with two attached hydrogens (primary N) is 1. The normalized spacial score (nSPS) is 13.4. The Labute approximate surface area is 120 Å². The number of hydrogen-bond donors (Lipinski definition) is 3. The second-order valence-electron chi connectivity index (χ2n) is 4.90. The van der Waals surface area contributed by atoms with Gasteiger partial charge in [0.25, 0.3) is 0 Å². The first-order chi connectivity index (χ1) is 8.58. The molecule has 1 aromatic rings. The Bertz CT molecular complexity index is 606. The largest absolute Gasteiger partial charge is 0.409 e. The van der Waals surface area contributed by atoms with Gasteiger partial charge in [-0.3, -0.25) is 4.72 Å². The van der Waals surface area contributed by atoms with Gasteiger partial charge in [-0.15, -0.1) is 0 Å². The van der Waals surface area contributed by atoms with Gasteiger partial charge in [0.2, 0.25) is 10.0 Å². The van der Waals surface area contributed by atoms with Crippen LogP contribution in [0.15, 0.2) is 27.8 Å². The molecule has 0 amide bonds. The van der Waals surface area contributed by atoms with Crippen molar-refractivity contribution in [2.75, 3.05) is 4.72 Å². The highest BCUT2D eigenvalue weighted by Crippen LogP contribution is 2.27. The maximum atomic E-state index is 12.0. The van der Waals surface area contributed by atoms with Crippen molar-refractivity contribution in [1.82, 2.24) is 0 Å². The minimum Gasteiger partial charge on any atom is -0.409 e. The first kappa shape index (κ1) is 15.8. The van der Waals surface area contributed by atoms with Crippen molar-refractivity contribution in [3.05, 3.63) is 28.2 Å². The topological polar surface area (TPSA) is 105 Å². The molecule has 19 heavy (non-hydrogen) atoms. The van der Waals surface area contributed by atoms with Crippen LogP contribution in [0.1, 0.15) is 26.3 Å². The average Bonchev–Trinajstić information content (AvgIpc) is 2.29. The van der Waals surface area contributed by atoms with Crippen LogP contribution in [0.4, 0.5) is 5.69 Å². The van der Waals surface area contributed by atoms with Crippen LogP contribution in [0.5, 0.6) is 0 Å². The molecule has 1 aromatic carbocycles. The predicted octanol–water partition coefficient (Wildman–Crippen LogP) is 2.08. The van der Waals surface area contributed by atoms with Gasteiger partial charge in [0, 0.05) is 10.0 Å². The molecule has 106 valence electrons. The Morgan fingerprint density at radius 2 is 2.00 bits per heavy atom. The fraction of sp³-hybridized carbons (Fsp3) is 0.364. The summed E-state index contributed by atoms with van der Waals surface area (Å²) < 4.78 is 26.1. The Morgan fingerprint density at radius 1 is 1.42 bits per heavy atom. The Kier molecular flexibility index (Phi) is 4.46. The molecule has 8 heteroatoms. The third kappa shape index (κ3) is 3.60. The van der Waals surface area contributed by atoms with Crippen LogP contribution in [-0.4, -0.2) is 24.2 Å². The van der Waals surface area contributed by atoms with Crippen molar-refractivity contribution in [3.63, 3.8) is 0 Å². The van der Waals surface area contributed by atoms with Crippen LogP contribution in [0.3, 0.4) is 0 Å². The molecular formula is C11H16BrN3O3S. The highest BCUT2D eigenvalue weighted by atomic mass is 79.9. The van der Waals surface area contributed by atoms with E-state index in [9.17, 15) is 8.42 Å². The SMILES string of the molecule is CC(C)(C)S(=O)(=O)Nc1ccc(/C(N)=N/O)cc1Br. The van der Waals surface area contributed by atoms with E-state index in [1.807, 2.05) is 0 Å². The number of rotatable bonds is 3. The molecular weight excluding hydrogens is 334 g/mol. The lowest BCUT2D eigenvalue weighted by Gasteiger charge is -2.21. The Hall–Kier alpha value is -1.28. The van der Waals surface area contributed by atoms with E-state index in [1.165, 1.54) is 0 Å². The summed E-state index contributed by atoms with van der Waals surface area (Å²) in [5.41, 5.74) is 6.32. The summed E-state index contributed by atoms with van der Waals surface area (Å²) in [4.78, 5) is 0. The summed E-state index contributed by atoms with van der Waals surface area (Å²) in [5.74, 6) is -0.0501. The summed E-state index contributed by atoms with van der Waals surface area (Å²) in [5, 5.41) is 11.5. The van der Waals surface area contributed by atoms with Crippen LogP contribution in [0.25, 0.3) is 0 Å². The van der Waals surface area contributed by atoms with E-state index >= 15 is 0 Å². The van der Waals surface area contributed by atoms with Crippen molar-refractivity contribution in [3.8, 4) is 0 Å². The molecule has 0 aromatic heterocycles. The average molecular weight is 350 g/mol. The van der Waals surface area contributed by atoms with E-state index in [0.717, 1.165) is 0 Å². The van der Waals surface area contributed by atoms with Gasteiger partial charge in [-0.25, -0.2) is 8.42 Å². The smallest absolute Gasteiger partial charge is 0.237 e. The van der Waals surface area contributed by atoms with E-state index in [1.54, 1.807) is 39.0 Å².